The van der Waals surface area contributed by atoms with Crippen LogP contribution in [0.15, 0.2) is 45.7 Å². The number of nitrogens with zero attached hydrogens (tertiary/aromatic N) is 1. The Balaban J connectivity index is 1.15. The molecule has 4 aliphatic rings. The molecule has 0 atom stereocenters. The number of hydrogen-bond acceptors (Lipinski definition) is 4. The van der Waals surface area contributed by atoms with Crippen LogP contribution in [0.4, 0.5) is 0 Å². The number of furan rings is 1. The van der Waals surface area contributed by atoms with Crippen LogP contribution in [0.3, 0.4) is 0 Å². The molecule has 2 aromatic heterocycles. The summed E-state index contributed by atoms with van der Waals surface area (Å²) in [7, 11) is 0. The number of rotatable bonds is 5. The summed E-state index contributed by atoms with van der Waals surface area (Å²) in [6, 6.07) is 8.11. The largest absolute Gasteiger partial charge is 0.454 e. The number of pyridine rings is 1. The highest BCUT2D eigenvalue weighted by atomic mass is 16.4. The lowest BCUT2D eigenvalue weighted by atomic mass is 9.49. The second-order valence-electron chi connectivity index (χ2n) is 9.53. The zero-order valence-corrected chi connectivity index (χ0v) is 16.9. The summed E-state index contributed by atoms with van der Waals surface area (Å²) in [6.45, 7) is 0.241. The van der Waals surface area contributed by atoms with Gasteiger partial charge in [0, 0.05) is 18.7 Å². The Morgan fingerprint density at radius 2 is 1.70 bits per heavy atom. The van der Waals surface area contributed by atoms with Crippen molar-refractivity contribution < 1.29 is 14.0 Å². The first-order chi connectivity index (χ1) is 14.5. The molecule has 6 rings (SSSR count). The van der Waals surface area contributed by atoms with Crippen LogP contribution in [-0.2, 0) is 11.3 Å². The summed E-state index contributed by atoms with van der Waals surface area (Å²) in [4.78, 5) is 36.7. The maximum atomic E-state index is 12.6. The van der Waals surface area contributed by atoms with Gasteiger partial charge in [-0.1, -0.05) is 6.07 Å². The molecule has 4 aliphatic carbocycles. The topological polar surface area (TPSA) is 93.3 Å². The van der Waals surface area contributed by atoms with Crippen molar-refractivity contribution in [3.05, 3.63) is 58.4 Å². The zero-order chi connectivity index (χ0) is 20.7. The molecule has 2 aromatic rings. The third-order valence-electron chi connectivity index (χ3n) is 7.13. The van der Waals surface area contributed by atoms with E-state index in [4.69, 9.17) is 4.42 Å². The smallest absolute Gasteiger partial charge is 0.305 e. The van der Waals surface area contributed by atoms with Crippen molar-refractivity contribution in [1.29, 1.82) is 0 Å². The molecule has 158 valence electrons. The van der Waals surface area contributed by atoms with Crippen LogP contribution in [0.5, 0.6) is 0 Å². The van der Waals surface area contributed by atoms with E-state index < -0.39 is 5.91 Å². The van der Waals surface area contributed by atoms with E-state index in [1.165, 1.54) is 29.9 Å². The fourth-order valence-electron chi connectivity index (χ4n) is 6.42. The zero-order valence-electron chi connectivity index (χ0n) is 16.9. The number of aromatic nitrogens is 1. The lowest BCUT2D eigenvalue weighted by molar-refractivity contribution is -0.130. The maximum absolute atomic E-state index is 12.6. The minimum absolute atomic E-state index is 0.101. The monoisotopic (exact) mass is 409 g/mol. The van der Waals surface area contributed by atoms with Gasteiger partial charge < -0.3 is 8.98 Å². The molecule has 0 aliphatic heterocycles. The van der Waals surface area contributed by atoms with E-state index in [0.717, 1.165) is 37.0 Å². The fourth-order valence-corrected chi connectivity index (χ4v) is 6.42. The Bertz CT molecular complexity index is 986. The average Bonchev–Trinajstić information content (AvgIpc) is 3.15. The number of hydrogen-bond donors (Lipinski definition) is 2. The summed E-state index contributed by atoms with van der Waals surface area (Å²) in [5, 5.41) is 0. The van der Waals surface area contributed by atoms with Crippen LogP contribution >= 0.6 is 0 Å². The molecule has 2 amide bonds. The summed E-state index contributed by atoms with van der Waals surface area (Å²) in [5.41, 5.74) is 5.03. The molecule has 7 heteroatoms. The highest BCUT2D eigenvalue weighted by Gasteiger charge is 2.51. The lowest BCUT2D eigenvalue weighted by Gasteiger charge is -2.56. The number of carbonyl (C=O) groups excluding carboxylic acids is 2. The predicted molar refractivity (Wildman–Crippen MR) is 109 cm³/mol. The van der Waals surface area contributed by atoms with Crippen molar-refractivity contribution in [2.24, 2.45) is 23.2 Å². The third kappa shape index (κ3) is 3.80. The second kappa shape index (κ2) is 7.45. The minimum Gasteiger partial charge on any atom is -0.454 e. The van der Waals surface area contributed by atoms with Crippen LogP contribution in [0.25, 0.3) is 0 Å². The van der Waals surface area contributed by atoms with Gasteiger partial charge in [-0.3, -0.25) is 25.2 Å². The van der Waals surface area contributed by atoms with Gasteiger partial charge in [-0.2, -0.15) is 0 Å². The molecule has 30 heavy (non-hydrogen) atoms. The van der Waals surface area contributed by atoms with Crippen LogP contribution in [0.1, 0.15) is 61.3 Å². The standard InChI is InChI=1S/C23H27N3O4/c27-20(13-23-10-15-7-16(11-23)9-17(8-15)12-23)24-25-22(29)19-5-4-18(30-19)14-26-6-2-1-3-21(26)28/h1-6,15-17H,7-14H2,(H,24,27)(H,25,29). The molecule has 0 unspecified atom stereocenters. The molecule has 0 saturated heterocycles. The van der Waals surface area contributed by atoms with E-state index in [1.807, 2.05) is 0 Å². The molecule has 4 fully saturated rings. The van der Waals surface area contributed by atoms with E-state index in [2.05, 4.69) is 10.9 Å². The quantitative estimate of drug-likeness (QED) is 0.743. The third-order valence-corrected chi connectivity index (χ3v) is 7.13. The van der Waals surface area contributed by atoms with E-state index in [0.29, 0.717) is 12.2 Å². The minimum atomic E-state index is -0.500. The first-order valence-corrected chi connectivity index (χ1v) is 10.8. The summed E-state index contributed by atoms with van der Waals surface area (Å²) in [6.07, 6.45) is 9.63. The molecule has 0 spiro atoms. The fraction of sp³-hybridized carbons (Fsp3) is 0.522. The van der Waals surface area contributed by atoms with Crippen LogP contribution < -0.4 is 16.4 Å². The second-order valence-corrected chi connectivity index (χ2v) is 9.53. The Labute approximate surface area is 174 Å². The summed E-state index contributed by atoms with van der Waals surface area (Å²) < 4.78 is 7.04. The van der Waals surface area contributed by atoms with Crippen molar-refractivity contribution in [1.82, 2.24) is 15.4 Å². The van der Waals surface area contributed by atoms with Gasteiger partial charge in [0.25, 0.3) is 5.56 Å². The van der Waals surface area contributed by atoms with Gasteiger partial charge in [0.05, 0.1) is 6.54 Å². The first kappa shape index (κ1) is 19.2. The van der Waals surface area contributed by atoms with Crippen LogP contribution in [0, 0.1) is 23.2 Å². The number of nitrogens with one attached hydrogen (secondary N) is 2. The van der Waals surface area contributed by atoms with Crippen LogP contribution in [0.2, 0.25) is 0 Å². The highest BCUT2D eigenvalue weighted by molar-refractivity contribution is 5.93. The summed E-state index contributed by atoms with van der Waals surface area (Å²) in [5.74, 6) is 2.33. The maximum Gasteiger partial charge on any atom is 0.305 e. The van der Waals surface area contributed by atoms with Crippen molar-refractivity contribution in [3.8, 4) is 0 Å². The van der Waals surface area contributed by atoms with E-state index >= 15 is 0 Å². The lowest BCUT2D eigenvalue weighted by Crippen LogP contribution is -2.50. The van der Waals surface area contributed by atoms with Crippen molar-refractivity contribution in [2.45, 2.75) is 51.5 Å². The van der Waals surface area contributed by atoms with Crippen molar-refractivity contribution >= 4 is 11.8 Å². The SMILES string of the molecule is O=C(CC12CC3CC(CC(C3)C1)C2)NNC(=O)c1ccc(Cn2ccccc2=O)o1. The van der Waals surface area contributed by atoms with Gasteiger partial charge in [0.2, 0.25) is 5.91 Å². The van der Waals surface area contributed by atoms with Gasteiger partial charge in [-0.15, -0.1) is 0 Å². The average molecular weight is 409 g/mol. The van der Waals surface area contributed by atoms with Crippen molar-refractivity contribution in [3.63, 3.8) is 0 Å². The van der Waals surface area contributed by atoms with Crippen LogP contribution in [-0.4, -0.2) is 16.4 Å². The Morgan fingerprint density at radius 1 is 1.00 bits per heavy atom. The van der Waals surface area contributed by atoms with Gasteiger partial charge in [-0.05, 0) is 79.9 Å². The van der Waals surface area contributed by atoms with Gasteiger partial charge in [0.15, 0.2) is 5.76 Å². The molecule has 4 saturated carbocycles. The molecule has 0 radical (unpaired) electrons. The van der Waals surface area contributed by atoms with Gasteiger partial charge >= 0.3 is 5.91 Å². The van der Waals surface area contributed by atoms with Gasteiger partial charge in [-0.25, -0.2) is 0 Å². The number of amides is 2. The van der Waals surface area contributed by atoms with E-state index in [9.17, 15) is 14.4 Å². The molecular weight excluding hydrogens is 382 g/mol. The molecule has 7 nitrogen and oxygen atoms in total. The summed E-state index contributed by atoms with van der Waals surface area (Å²) >= 11 is 0. The molecule has 0 aromatic carbocycles. The van der Waals surface area contributed by atoms with E-state index in [1.54, 1.807) is 30.5 Å². The molecule has 2 N–H and O–H groups in total. The van der Waals surface area contributed by atoms with E-state index in [-0.39, 0.29) is 29.2 Å². The van der Waals surface area contributed by atoms with Gasteiger partial charge in [0.1, 0.15) is 5.76 Å². The Morgan fingerprint density at radius 3 is 2.37 bits per heavy atom. The molecular formula is C23H27N3O4. The Hall–Kier alpha value is -2.83. The normalized spacial score (nSPS) is 29.0. The number of carbonyl (C=O) groups is 2. The van der Waals surface area contributed by atoms with Crippen molar-refractivity contribution in [2.75, 3.05) is 0 Å². The molecule has 4 bridgehead atoms. The Kier molecular flexibility index (Phi) is 4.76. The first-order valence-electron chi connectivity index (χ1n) is 10.8. The molecule has 2 heterocycles. The number of hydrazine groups is 1. The highest BCUT2D eigenvalue weighted by Crippen LogP contribution is 2.61. The predicted octanol–water partition coefficient (Wildman–Crippen LogP) is 2.86.